The van der Waals surface area contributed by atoms with Crippen LogP contribution in [0.5, 0.6) is 0 Å². The molecule has 1 fully saturated rings. The van der Waals surface area contributed by atoms with Gasteiger partial charge in [0.05, 0.1) is 12.1 Å². The lowest BCUT2D eigenvalue weighted by Crippen LogP contribution is -2.38. The molecule has 2 aliphatic rings. The Hall–Kier alpha value is -2.59. The van der Waals surface area contributed by atoms with Gasteiger partial charge in [-0.15, -0.1) is 0 Å². The minimum absolute atomic E-state index is 0.0584. The van der Waals surface area contributed by atoms with Crippen LogP contribution < -0.4 is 10.9 Å². The molecule has 5 rings (SSSR count). The van der Waals surface area contributed by atoms with Crippen molar-refractivity contribution < 1.29 is 9.15 Å². The molecular formula is C21H19NO3. The highest BCUT2D eigenvalue weighted by Crippen LogP contribution is 2.49. The van der Waals surface area contributed by atoms with Crippen LogP contribution in [0.4, 0.5) is 5.69 Å². The molecule has 1 N–H and O–H groups in total. The molecule has 1 aromatic heterocycles. The molecule has 3 atom stereocenters. The second-order valence-electron chi connectivity index (χ2n) is 6.80. The molecule has 4 nitrogen and oxygen atoms in total. The first-order valence-corrected chi connectivity index (χ1v) is 8.82. The molecule has 0 saturated carbocycles. The van der Waals surface area contributed by atoms with Gasteiger partial charge in [-0.05, 0) is 24.5 Å². The zero-order valence-electron chi connectivity index (χ0n) is 13.8. The summed E-state index contributed by atoms with van der Waals surface area (Å²) < 4.78 is 11.8. The molecule has 25 heavy (non-hydrogen) atoms. The van der Waals surface area contributed by atoms with E-state index >= 15 is 0 Å². The normalized spacial score (nSPS) is 25.0. The SMILES string of the molecule is O=c1oc2ccccc2c2c1N[C@H](c1ccccc1)[C@H]1CCCO[C@@H]21. The maximum absolute atomic E-state index is 12.6. The lowest BCUT2D eigenvalue weighted by molar-refractivity contribution is -0.0375. The van der Waals surface area contributed by atoms with Crippen molar-refractivity contribution in [2.75, 3.05) is 11.9 Å². The van der Waals surface area contributed by atoms with Crippen LogP contribution in [0.25, 0.3) is 11.0 Å². The lowest BCUT2D eigenvalue weighted by Gasteiger charge is -2.43. The van der Waals surface area contributed by atoms with Gasteiger partial charge in [0.15, 0.2) is 0 Å². The summed E-state index contributed by atoms with van der Waals surface area (Å²) in [5.74, 6) is 0.300. The largest absolute Gasteiger partial charge is 0.421 e. The predicted molar refractivity (Wildman–Crippen MR) is 96.7 cm³/mol. The summed E-state index contributed by atoms with van der Waals surface area (Å²) in [4.78, 5) is 12.6. The minimum atomic E-state index is -0.317. The molecule has 126 valence electrons. The summed E-state index contributed by atoms with van der Waals surface area (Å²) in [5.41, 5.74) is 3.00. The molecular weight excluding hydrogens is 314 g/mol. The van der Waals surface area contributed by atoms with Crippen molar-refractivity contribution in [3.8, 4) is 0 Å². The van der Waals surface area contributed by atoms with Gasteiger partial charge in [0.25, 0.3) is 0 Å². The first-order chi connectivity index (χ1) is 12.3. The van der Waals surface area contributed by atoms with Gasteiger partial charge in [-0.2, -0.15) is 0 Å². The minimum Gasteiger partial charge on any atom is -0.421 e. The van der Waals surface area contributed by atoms with Crippen LogP contribution in [-0.4, -0.2) is 6.61 Å². The van der Waals surface area contributed by atoms with Gasteiger partial charge in [-0.1, -0.05) is 48.5 Å². The van der Waals surface area contributed by atoms with Crippen molar-refractivity contribution in [1.29, 1.82) is 0 Å². The fourth-order valence-corrected chi connectivity index (χ4v) is 4.30. The number of hydrogen-bond donors (Lipinski definition) is 1. The second kappa shape index (κ2) is 5.74. The van der Waals surface area contributed by atoms with Gasteiger partial charge in [0.1, 0.15) is 11.3 Å². The predicted octanol–water partition coefficient (Wildman–Crippen LogP) is 4.43. The van der Waals surface area contributed by atoms with Crippen LogP contribution in [0.15, 0.2) is 63.8 Å². The molecule has 0 amide bonds. The van der Waals surface area contributed by atoms with E-state index in [2.05, 4.69) is 17.4 Å². The van der Waals surface area contributed by atoms with Crippen LogP contribution in [0.1, 0.15) is 36.1 Å². The maximum Gasteiger partial charge on any atom is 0.360 e. The quantitative estimate of drug-likeness (QED) is 0.670. The molecule has 0 unspecified atom stereocenters. The molecule has 2 aromatic carbocycles. The number of rotatable bonds is 1. The summed E-state index contributed by atoms with van der Waals surface area (Å²) in [7, 11) is 0. The third-order valence-electron chi connectivity index (χ3n) is 5.39. The Morgan fingerprint density at radius 1 is 1.00 bits per heavy atom. The van der Waals surface area contributed by atoms with Gasteiger partial charge in [0.2, 0.25) is 0 Å². The molecule has 0 spiro atoms. The van der Waals surface area contributed by atoms with E-state index in [1.54, 1.807) is 0 Å². The average Bonchev–Trinajstić information content (AvgIpc) is 2.68. The molecule has 0 radical (unpaired) electrons. The number of fused-ring (bicyclic) bond motifs is 5. The van der Waals surface area contributed by atoms with Crippen molar-refractivity contribution in [3.63, 3.8) is 0 Å². The Morgan fingerprint density at radius 3 is 2.68 bits per heavy atom. The summed E-state index contributed by atoms with van der Waals surface area (Å²) in [5, 5.41) is 4.45. The van der Waals surface area contributed by atoms with E-state index in [0.717, 1.165) is 30.4 Å². The molecule has 3 heterocycles. The zero-order valence-corrected chi connectivity index (χ0v) is 13.8. The Kier molecular flexibility index (Phi) is 3.38. The average molecular weight is 333 g/mol. The highest BCUT2D eigenvalue weighted by molar-refractivity contribution is 5.86. The topological polar surface area (TPSA) is 51.5 Å². The van der Waals surface area contributed by atoms with E-state index < -0.39 is 0 Å². The zero-order chi connectivity index (χ0) is 16.8. The van der Waals surface area contributed by atoms with E-state index in [1.165, 1.54) is 5.56 Å². The summed E-state index contributed by atoms with van der Waals surface area (Å²) in [6.45, 7) is 0.733. The number of hydrogen-bond acceptors (Lipinski definition) is 4. The van der Waals surface area contributed by atoms with E-state index in [-0.39, 0.29) is 17.8 Å². The van der Waals surface area contributed by atoms with Gasteiger partial charge in [0, 0.05) is 23.5 Å². The molecule has 3 aromatic rings. The van der Waals surface area contributed by atoms with Crippen molar-refractivity contribution in [1.82, 2.24) is 0 Å². The third kappa shape index (κ3) is 2.29. The first-order valence-electron chi connectivity index (χ1n) is 8.82. The van der Waals surface area contributed by atoms with E-state index in [9.17, 15) is 4.79 Å². The molecule has 2 aliphatic heterocycles. The van der Waals surface area contributed by atoms with Crippen LogP contribution >= 0.6 is 0 Å². The van der Waals surface area contributed by atoms with E-state index in [0.29, 0.717) is 17.2 Å². The summed E-state index contributed by atoms with van der Waals surface area (Å²) in [6.07, 6.45) is 2.04. The third-order valence-corrected chi connectivity index (χ3v) is 5.39. The molecule has 4 heteroatoms. The highest BCUT2D eigenvalue weighted by atomic mass is 16.5. The monoisotopic (exact) mass is 333 g/mol. The van der Waals surface area contributed by atoms with Crippen molar-refractivity contribution >= 4 is 16.7 Å². The van der Waals surface area contributed by atoms with Crippen LogP contribution in [0.3, 0.4) is 0 Å². The Morgan fingerprint density at radius 2 is 1.80 bits per heavy atom. The van der Waals surface area contributed by atoms with Crippen LogP contribution in [-0.2, 0) is 4.74 Å². The Bertz CT molecular complexity index is 979. The van der Waals surface area contributed by atoms with E-state index in [4.69, 9.17) is 9.15 Å². The number of ether oxygens (including phenoxy) is 1. The molecule has 0 bridgehead atoms. The Balaban J connectivity index is 1.74. The number of nitrogens with one attached hydrogen (secondary N) is 1. The van der Waals surface area contributed by atoms with Crippen LogP contribution in [0, 0.1) is 5.92 Å². The van der Waals surface area contributed by atoms with Gasteiger partial charge in [-0.3, -0.25) is 0 Å². The van der Waals surface area contributed by atoms with Gasteiger partial charge >= 0.3 is 5.63 Å². The highest BCUT2D eigenvalue weighted by Gasteiger charge is 2.42. The van der Waals surface area contributed by atoms with Crippen LogP contribution in [0.2, 0.25) is 0 Å². The second-order valence-corrected chi connectivity index (χ2v) is 6.80. The fourth-order valence-electron chi connectivity index (χ4n) is 4.30. The number of anilines is 1. The Labute approximate surface area is 145 Å². The fraction of sp³-hybridized carbons (Fsp3) is 0.286. The first kappa shape index (κ1) is 14.7. The van der Waals surface area contributed by atoms with Crippen molar-refractivity contribution in [2.24, 2.45) is 5.92 Å². The number of benzene rings is 2. The smallest absolute Gasteiger partial charge is 0.360 e. The van der Waals surface area contributed by atoms with Crippen molar-refractivity contribution in [3.05, 3.63) is 76.1 Å². The summed E-state index contributed by atoms with van der Waals surface area (Å²) in [6, 6.07) is 18.1. The summed E-state index contributed by atoms with van der Waals surface area (Å²) >= 11 is 0. The van der Waals surface area contributed by atoms with E-state index in [1.807, 2.05) is 42.5 Å². The van der Waals surface area contributed by atoms with Crippen molar-refractivity contribution in [2.45, 2.75) is 25.0 Å². The number of para-hydroxylation sites is 1. The van der Waals surface area contributed by atoms with Gasteiger partial charge in [-0.25, -0.2) is 4.79 Å². The van der Waals surface area contributed by atoms with Gasteiger partial charge < -0.3 is 14.5 Å². The lowest BCUT2D eigenvalue weighted by atomic mass is 9.77. The molecule has 0 aliphatic carbocycles. The molecule has 1 saturated heterocycles. The standard InChI is InChI=1S/C21H19NO3/c23-21-19-17(14-9-4-5-11-16(14)25-21)20-15(10-6-12-24-20)18(22-19)13-7-2-1-3-8-13/h1-5,7-9,11,15,18,20,22H,6,10,12H2/t15-,18-,20-/m1/s1. The maximum atomic E-state index is 12.6.